The van der Waals surface area contributed by atoms with Gasteiger partial charge in [0.2, 0.25) is 19.3 Å². The van der Waals surface area contributed by atoms with Crippen LogP contribution in [0.25, 0.3) is 0 Å². The zero-order valence-electron chi connectivity index (χ0n) is 9.45. The second-order valence-electron chi connectivity index (χ2n) is 3.61. The van der Waals surface area contributed by atoms with E-state index in [-0.39, 0.29) is 16.1 Å². The molecular weight excluding hydrogens is 264 g/mol. The van der Waals surface area contributed by atoms with Crippen LogP contribution in [-0.2, 0) is 9.84 Å². The molecule has 1 aliphatic rings. The molecule has 0 spiro atoms. The molecule has 2 amide bonds. The lowest BCUT2D eigenvalue weighted by molar-refractivity contribution is 0.229. The number of carbonyl (C=O) groups excluding carboxylic acids is 1. The summed E-state index contributed by atoms with van der Waals surface area (Å²) in [7, 11) is -1.66. The summed E-state index contributed by atoms with van der Waals surface area (Å²) in [4.78, 5) is 14.7. The van der Waals surface area contributed by atoms with Crippen LogP contribution in [0.5, 0.6) is 0 Å². The highest BCUT2D eigenvalue weighted by Gasteiger charge is 2.30. The van der Waals surface area contributed by atoms with Gasteiger partial charge >= 0.3 is 6.03 Å². The molecule has 17 heavy (non-hydrogen) atoms. The van der Waals surface area contributed by atoms with Crippen molar-refractivity contribution in [2.45, 2.75) is 11.3 Å². The van der Waals surface area contributed by atoms with E-state index < -0.39 is 9.84 Å². The van der Waals surface area contributed by atoms with Crippen molar-refractivity contribution >= 4 is 32.3 Å². The quantitative estimate of drug-likeness (QED) is 0.737. The number of rotatable bonds is 3. The molecule has 2 rings (SSSR count). The van der Waals surface area contributed by atoms with Gasteiger partial charge in [-0.25, -0.2) is 13.2 Å². The maximum atomic E-state index is 11.7. The molecule has 9 heteroatoms. The van der Waals surface area contributed by atoms with Gasteiger partial charge in [-0.3, -0.25) is 4.90 Å². The molecule has 1 aromatic rings. The van der Waals surface area contributed by atoms with E-state index in [0.29, 0.717) is 18.2 Å². The third-order valence-corrected chi connectivity index (χ3v) is 5.62. The van der Waals surface area contributed by atoms with Crippen molar-refractivity contribution in [3.8, 4) is 0 Å². The number of likely N-dealkylation sites (N-methyl/N-ethyl adjacent to an activating group) is 1. The zero-order valence-corrected chi connectivity index (χ0v) is 11.1. The Morgan fingerprint density at radius 1 is 1.35 bits per heavy atom. The summed E-state index contributed by atoms with van der Waals surface area (Å²) in [6.07, 6.45) is 0. The number of hydrogen-bond acceptors (Lipinski definition) is 6. The van der Waals surface area contributed by atoms with Gasteiger partial charge in [-0.05, 0) is 0 Å². The predicted molar refractivity (Wildman–Crippen MR) is 63.0 cm³/mol. The van der Waals surface area contributed by atoms with Gasteiger partial charge in [0.05, 0.1) is 5.75 Å². The van der Waals surface area contributed by atoms with Crippen molar-refractivity contribution in [2.75, 3.05) is 30.8 Å². The lowest BCUT2D eigenvalue weighted by atomic mass is 10.6. The van der Waals surface area contributed by atoms with Crippen LogP contribution in [0.1, 0.15) is 6.92 Å². The normalized spacial score (nSPS) is 16.9. The molecule has 94 valence electrons. The van der Waals surface area contributed by atoms with Crippen LogP contribution in [0.15, 0.2) is 4.34 Å². The van der Waals surface area contributed by atoms with Gasteiger partial charge < -0.3 is 4.90 Å². The van der Waals surface area contributed by atoms with Gasteiger partial charge in [0, 0.05) is 20.1 Å². The van der Waals surface area contributed by atoms with E-state index in [0.717, 1.165) is 11.3 Å². The fourth-order valence-electron chi connectivity index (χ4n) is 1.39. The standard InChI is InChI=1S/C8H12N4O3S2/c1-3-17(14,15)7-10-9-6(16-7)12-5-4-11(2)8(12)13/h3-5H2,1-2H3. The van der Waals surface area contributed by atoms with Crippen LogP contribution >= 0.6 is 11.3 Å². The van der Waals surface area contributed by atoms with Gasteiger partial charge in [0.1, 0.15) is 0 Å². The number of nitrogens with zero attached hydrogens (tertiary/aromatic N) is 4. The van der Waals surface area contributed by atoms with E-state index in [9.17, 15) is 13.2 Å². The molecule has 1 aliphatic heterocycles. The predicted octanol–water partition coefficient (Wildman–Crippen LogP) is 0.204. The summed E-state index contributed by atoms with van der Waals surface area (Å²) in [6.45, 7) is 2.66. The van der Waals surface area contributed by atoms with E-state index in [1.807, 2.05) is 0 Å². The number of hydrogen-bond donors (Lipinski definition) is 0. The average molecular weight is 276 g/mol. The van der Waals surface area contributed by atoms with Gasteiger partial charge in [0.15, 0.2) is 0 Å². The van der Waals surface area contributed by atoms with Crippen LogP contribution in [0.3, 0.4) is 0 Å². The van der Waals surface area contributed by atoms with Crippen molar-refractivity contribution in [2.24, 2.45) is 0 Å². The smallest absolute Gasteiger partial charge is 0.326 e. The first kappa shape index (κ1) is 12.2. The van der Waals surface area contributed by atoms with Crippen LogP contribution in [-0.4, -0.2) is 55.4 Å². The summed E-state index contributed by atoms with van der Waals surface area (Å²) >= 11 is 0.936. The molecule has 7 nitrogen and oxygen atoms in total. The summed E-state index contributed by atoms with van der Waals surface area (Å²) in [6, 6.07) is -0.179. The number of anilines is 1. The van der Waals surface area contributed by atoms with E-state index in [1.165, 1.54) is 4.90 Å². The summed E-state index contributed by atoms with van der Waals surface area (Å²) < 4.78 is 23.1. The minimum Gasteiger partial charge on any atom is -0.326 e. The fraction of sp³-hybridized carbons (Fsp3) is 0.625. The third kappa shape index (κ3) is 2.12. The van der Waals surface area contributed by atoms with E-state index in [2.05, 4.69) is 10.2 Å². The van der Waals surface area contributed by atoms with Gasteiger partial charge in [-0.15, -0.1) is 10.2 Å². The monoisotopic (exact) mass is 276 g/mol. The zero-order chi connectivity index (χ0) is 12.6. The minimum atomic E-state index is -3.34. The summed E-state index contributed by atoms with van der Waals surface area (Å²) in [5.74, 6) is -0.0184. The third-order valence-electron chi connectivity index (χ3n) is 2.49. The largest absolute Gasteiger partial charge is 0.326 e. The highest BCUT2D eigenvalue weighted by molar-refractivity contribution is 7.93. The van der Waals surface area contributed by atoms with E-state index in [4.69, 9.17) is 0 Å². The van der Waals surface area contributed by atoms with E-state index in [1.54, 1.807) is 18.9 Å². The van der Waals surface area contributed by atoms with Crippen molar-refractivity contribution < 1.29 is 13.2 Å². The SMILES string of the molecule is CCS(=O)(=O)c1nnc(N2CCN(C)C2=O)s1. The Bertz CT molecular complexity index is 539. The number of sulfone groups is 1. The van der Waals surface area contributed by atoms with Crippen LogP contribution < -0.4 is 4.90 Å². The van der Waals surface area contributed by atoms with Gasteiger partial charge in [-0.1, -0.05) is 18.3 Å². The number of amides is 2. The Morgan fingerprint density at radius 3 is 2.59 bits per heavy atom. The molecule has 1 aromatic heterocycles. The fourth-order valence-corrected chi connectivity index (χ4v) is 3.48. The molecule has 0 radical (unpaired) electrons. The molecule has 0 atom stereocenters. The topological polar surface area (TPSA) is 83.5 Å². The first-order valence-electron chi connectivity index (χ1n) is 5.04. The van der Waals surface area contributed by atoms with Gasteiger partial charge in [-0.2, -0.15) is 0 Å². The van der Waals surface area contributed by atoms with Crippen molar-refractivity contribution in [1.29, 1.82) is 0 Å². The first-order chi connectivity index (χ1) is 7.95. The average Bonchev–Trinajstić information content (AvgIpc) is 2.88. The maximum Gasteiger partial charge on any atom is 0.326 e. The lowest BCUT2D eigenvalue weighted by Crippen LogP contribution is -2.29. The Hall–Kier alpha value is -1.22. The molecule has 0 bridgehead atoms. The Kier molecular flexibility index (Phi) is 3.04. The number of aromatic nitrogens is 2. The van der Waals surface area contributed by atoms with Crippen molar-refractivity contribution in [3.05, 3.63) is 0 Å². The molecule has 1 fully saturated rings. The Morgan fingerprint density at radius 2 is 2.06 bits per heavy atom. The first-order valence-corrected chi connectivity index (χ1v) is 7.51. The van der Waals surface area contributed by atoms with Crippen molar-refractivity contribution in [1.82, 2.24) is 15.1 Å². The summed E-state index contributed by atoms with van der Waals surface area (Å²) in [5.41, 5.74) is 0. The Balaban J connectivity index is 2.28. The highest BCUT2D eigenvalue weighted by atomic mass is 32.2. The minimum absolute atomic E-state index is 0.0184. The molecule has 0 aliphatic carbocycles. The second-order valence-corrected chi connectivity index (χ2v) is 7.02. The molecule has 0 N–H and O–H groups in total. The van der Waals surface area contributed by atoms with Gasteiger partial charge in [0.25, 0.3) is 0 Å². The molecule has 2 heterocycles. The number of carbonyl (C=O) groups is 1. The number of urea groups is 1. The van der Waals surface area contributed by atoms with Crippen LogP contribution in [0, 0.1) is 0 Å². The molecule has 0 unspecified atom stereocenters. The maximum absolute atomic E-state index is 11.7. The van der Waals surface area contributed by atoms with Crippen LogP contribution in [0.2, 0.25) is 0 Å². The molecule has 1 saturated heterocycles. The summed E-state index contributed by atoms with van der Waals surface area (Å²) in [5, 5.41) is 7.74. The lowest BCUT2D eigenvalue weighted by Gasteiger charge is -2.10. The van der Waals surface area contributed by atoms with E-state index >= 15 is 0 Å². The van der Waals surface area contributed by atoms with Crippen molar-refractivity contribution in [3.63, 3.8) is 0 Å². The highest BCUT2D eigenvalue weighted by Crippen LogP contribution is 2.26. The van der Waals surface area contributed by atoms with Crippen LogP contribution in [0.4, 0.5) is 9.93 Å². The molecule has 0 aromatic carbocycles. The molecular formula is C8H12N4O3S2. The molecule has 0 saturated carbocycles. The Labute approximate surface area is 103 Å². The second kappa shape index (κ2) is 4.22.